The van der Waals surface area contributed by atoms with E-state index >= 15 is 0 Å². The Bertz CT molecular complexity index is 681. The van der Waals surface area contributed by atoms with Crippen LogP contribution in [-0.2, 0) is 13.1 Å². The molecule has 0 saturated carbocycles. The van der Waals surface area contributed by atoms with Gasteiger partial charge < -0.3 is 5.32 Å². The summed E-state index contributed by atoms with van der Waals surface area (Å²) < 4.78 is 1.81. The molecule has 104 valence electrons. The average Bonchev–Trinajstić information content (AvgIpc) is 2.45. The van der Waals surface area contributed by atoms with Gasteiger partial charge >= 0.3 is 0 Å². The van der Waals surface area contributed by atoms with Gasteiger partial charge in [-0.25, -0.2) is 4.68 Å². The number of aromatic nitrogens is 3. The number of nitrogens with zero attached hydrogens (tertiary/aromatic N) is 3. The van der Waals surface area contributed by atoms with Crippen LogP contribution in [0.3, 0.4) is 0 Å². The highest BCUT2D eigenvalue weighted by atomic mass is 79.9. The summed E-state index contributed by atoms with van der Waals surface area (Å²) in [4.78, 5) is 16.1. The smallest absolute Gasteiger partial charge is 0.283 e. The topological polar surface area (TPSA) is 59.8 Å². The molecule has 0 aromatic carbocycles. The number of allylic oxidation sites excluding steroid dienone is 1. The van der Waals surface area contributed by atoms with Crippen molar-refractivity contribution < 1.29 is 0 Å². The third-order valence-corrected chi connectivity index (χ3v) is 3.67. The number of pyridine rings is 1. The van der Waals surface area contributed by atoms with E-state index in [-0.39, 0.29) is 5.56 Å². The summed E-state index contributed by atoms with van der Waals surface area (Å²) in [5.74, 6) is 0. The van der Waals surface area contributed by atoms with Gasteiger partial charge in [-0.2, -0.15) is 5.10 Å². The van der Waals surface area contributed by atoms with Gasteiger partial charge in [0.1, 0.15) is 4.47 Å². The van der Waals surface area contributed by atoms with Crippen molar-refractivity contribution in [3.05, 3.63) is 63.3 Å². The summed E-state index contributed by atoms with van der Waals surface area (Å²) in [6.07, 6.45) is 6.82. The monoisotopic (exact) mass is 334 g/mol. The average molecular weight is 335 g/mol. The summed E-state index contributed by atoms with van der Waals surface area (Å²) in [6, 6.07) is 1.95. The molecule has 0 bridgehead atoms. The molecule has 0 atom stereocenters. The summed E-state index contributed by atoms with van der Waals surface area (Å²) in [5, 5.41) is 7.28. The van der Waals surface area contributed by atoms with Crippen LogP contribution in [0.2, 0.25) is 0 Å². The van der Waals surface area contributed by atoms with Gasteiger partial charge in [-0.3, -0.25) is 9.78 Å². The standard InChI is InChI=1S/C14H15BrN4O/c1-3-6-19-14(20)13(15)12(9-18-19)17-8-11-7-16-5-4-10(11)2/h3-5,7,9,17H,1,6,8H2,2H3. The van der Waals surface area contributed by atoms with Gasteiger partial charge in [-0.15, -0.1) is 6.58 Å². The molecule has 0 unspecified atom stereocenters. The van der Waals surface area contributed by atoms with Crippen LogP contribution in [0.5, 0.6) is 0 Å². The van der Waals surface area contributed by atoms with Crippen molar-refractivity contribution in [1.29, 1.82) is 0 Å². The maximum Gasteiger partial charge on any atom is 0.283 e. The summed E-state index contributed by atoms with van der Waals surface area (Å²) >= 11 is 3.31. The van der Waals surface area contributed by atoms with Gasteiger partial charge in [0, 0.05) is 18.9 Å². The van der Waals surface area contributed by atoms with E-state index in [0.717, 1.165) is 11.1 Å². The lowest BCUT2D eigenvalue weighted by Crippen LogP contribution is -2.24. The van der Waals surface area contributed by atoms with E-state index in [1.54, 1.807) is 18.5 Å². The van der Waals surface area contributed by atoms with Gasteiger partial charge in [0.25, 0.3) is 5.56 Å². The Balaban J connectivity index is 2.19. The number of halogens is 1. The van der Waals surface area contributed by atoms with Crippen LogP contribution in [0.15, 0.2) is 46.6 Å². The Morgan fingerprint density at radius 2 is 2.30 bits per heavy atom. The Kier molecular flexibility index (Phi) is 4.68. The minimum absolute atomic E-state index is 0.183. The van der Waals surface area contributed by atoms with Crippen LogP contribution in [0.25, 0.3) is 0 Å². The zero-order valence-corrected chi connectivity index (χ0v) is 12.7. The highest BCUT2D eigenvalue weighted by molar-refractivity contribution is 9.10. The molecule has 0 aliphatic carbocycles. The van der Waals surface area contributed by atoms with E-state index in [1.807, 2.05) is 19.2 Å². The van der Waals surface area contributed by atoms with E-state index in [4.69, 9.17) is 0 Å². The van der Waals surface area contributed by atoms with E-state index < -0.39 is 0 Å². The first-order chi connectivity index (χ1) is 9.63. The van der Waals surface area contributed by atoms with Crippen molar-refractivity contribution >= 4 is 21.6 Å². The quantitative estimate of drug-likeness (QED) is 0.853. The Labute approximate surface area is 125 Å². The summed E-state index contributed by atoms with van der Waals surface area (Å²) in [5.41, 5.74) is 2.71. The van der Waals surface area contributed by atoms with Gasteiger partial charge in [0.2, 0.25) is 0 Å². The number of nitrogens with one attached hydrogen (secondary N) is 1. The number of hydrogen-bond acceptors (Lipinski definition) is 4. The second kappa shape index (κ2) is 6.47. The SMILES string of the molecule is C=CCn1ncc(NCc2cnccc2C)c(Br)c1=O. The third kappa shape index (κ3) is 3.14. The van der Waals surface area contributed by atoms with Crippen LogP contribution < -0.4 is 10.9 Å². The van der Waals surface area contributed by atoms with Crippen molar-refractivity contribution in [2.75, 3.05) is 5.32 Å². The molecule has 0 spiro atoms. The lowest BCUT2D eigenvalue weighted by atomic mass is 10.1. The number of hydrogen-bond donors (Lipinski definition) is 1. The fourth-order valence-electron chi connectivity index (χ4n) is 1.71. The van der Waals surface area contributed by atoms with Gasteiger partial charge in [0.15, 0.2) is 0 Å². The summed E-state index contributed by atoms with van der Waals surface area (Å²) in [6.45, 7) is 6.60. The molecule has 2 rings (SSSR count). The van der Waals surface area contributed by atoms with Crippen LogP contribution in [0.1, 0.15) is 11.1 Å². The van der Waals surface area contributed by atoms with E-state index in [0.29, 0.717) is 23.2 Å². The highest BCUT2D eigenvalue weighted by Gasteiger charge is 2.08. The fraction of sp³-hybridized carbons (Fsp3) is 0.214. The van der Waals surface area contributed by atoms with Crippen LogP contribution in [-0.4, -0.2) is 14.8 Å². The van der Waals surface area contributed by atoms with Crippen LogP contribution >= 0.6 is 15.9 Å². The first-order valence-electron chi connectivity index (χ1n) is 6.13. The fourth-order valence-corrected chi connectivity index (χ4v) is 2.16. The maximum absolute atomic E-state index is 12.0. The predicted octanol–water partition coefficient (Wildman–Crippen LogP) is 2.51. The molecule has 0 saturated heterocycles. The normalized spacial score (nSPS) is 10.3. The Morgan fingerprint density at radius 3 is 3.00 bits per heavy atom. The Hall–Kier alpha value is -1.95. The van der Waals surface area contributed by atoms with E-state index in [2.05, 4.69) is 37.9 Å². The molecule has 2 aromatic heterocycles. The predicted molar refractivity (Wildman–Crippen MR) is 82.7 cm³/mol. The molecule has 0 radical (unpaired) electrons. The molecule has 0 aliphatic heterocycles. The first-order valence-corrected chi connectivity index (χ1v) is 6.92. The highest BCUT2D eigenvalue weighted by Crippen LogP contribution is 2.17. The maximum atomic E-state index is 12.0. The molecule has 0 amide bonds. The number of aryl methyl sites for hydroxylation is 1. The van der Waals surface area contributed by atoms with Crippen molar-refractivity contribution in [2.45, 2.75) is 20.0 Å². The van der Waals surface area contributed by atoms with Crippen molar-refractivity contribution in [1.82, 2.24) is 14.8 Å². The number of rotatable bonds is 5. The van der Waals surface area contributed by atoms with Crippen molar-refractivity contribution in [2.24, 2.45) is 0 Å². The van der Waals surface area contributed by atoms with E-state index in [1.165, 1.54) is 4.68 Å². The molecular weight excluding hydrogens is 320 g/mol. The van der Waals surface area contributed by atoms with Crippen molar-refractivity contribution in [3.8, 4) is 0 Å². The largest absolute Gasteiger partial charge is 0.379 e. The van der Waals surface area contributed by atoms with Gasteiger partial charge in [-0.1, -0.05) is 6.08 Å². The third-order valence-electron chi connectivity index (χ3n) is 2.90. The second-order valence-corrected chi connectivity index (χ2v) is 5.10. The first kappa shape index (κ1) is 14.5. The second-order valence-electron chi connectivity index (χ2n) is 4.30. The lowest BCUT2D eigenvalue weighted by molar-refractivity contribution is 0.649. The molecule has 2 aromatic rings. The van der Waals surface area contributed by atoms with Gasteiger partial charge in [-0.05, 0) is 40.0 Å². The zero-order valence-electron chi connectivity index (χ0n) is 11.1. The summed E-state index contributed by atoms with van der Waals surface area (Å²) in [7, 11) is 0. The van der Waals surface area contributed by atoms with Crippen molar-refractivity contribution in [3.63, 3.8) is 0 Å². The molecule has 0 fully saturated rings. The van der Waals surface area contributed by atoms with E-state index in [9.17, 15) is 4.79 Å². The van der Waals surface area contributed by atoms with Gasteiger partial charge in [0.05, 0.1) is 18.4 Å². The molecule has 1 N–H and O–H groups in total. The Morgan fingerprint density at radius 1 is 1.50 bits per heavy atom. The molecule has 0 aliphatic rings. The van der Waals surface area contributed by atoms with Crippen LogP contribution in [0, 0.1) is 6.92 Å². The minimum atomic E-state index is -0.183. The minimum Gasteiger partial charge on any atom is -0.379 e. The lowest BCUT2D eigenvalue weighted by Gasteiger charge is -2.10. The number of anilines is 1. The molecule has 6 heteroatoms. The molecular formula is C14H15BrN4O. The molecule has 20 heavy (non-hydrogen) atoms. The van der Waals surface area contributed by atoms with Crippen LogP contribution in [0.4, 0.5) is 5.69 Å². The molecule has 5 nitrogen and oxygen atoms in total. The zero-order chi connectivity index (χ0) is 14.5. The molecule has 2 heterocycles.